The van der Waals surface area contributed by atoms with Gasteiger partial charge in [-0.15, -0.1) is 0 Å². The summed E-state index contributed by atoms with van der Waals surface area (Å²) in [4.78, 5) is 0. The van der Waals surface area contributed by atoms with E-state index in [4.69, 9.17) is 4.74 Å². The summed E-state index contributed by atoms with van der Waals surface area (Å²) in [5.74, 6) is 0.884. The maximum Gasteiger partial charge on any atom is 0.127 e. The molecule has 2 rings (SSSR count). The third-order valence-electron chi connectivity index (χ3n) is 2.46. The molecule has 0 spiro atoms. The molecule has 86 valence electrons. The van der Waals surface area contributed by atoms with Crippen molar-refractivity contribution in [3.63, 3.8) is 0 Å². The minimum absolute atomic E-state index is 0.884. The van der Waals surface area contributed by atoms with Gasteiger partial charge in [0.15, 0.2) is 0 Å². The van der Waals surface area contributed by atoms with Gasteiger partial charge in [-0.05, 0) is 48.7 Å². The van der Waals surface area contributed by atoms with Crippen LogP contribution in [0.15, 0.2) is 54.8 Å². The molecule has 0 radical (unpaired) electrons. The Morgan fingerprint density at radius 3 is 2.18 bits per heavy atom. The van der Waals surface area contributed by atoms with Gasteiger partial charge in [-0.25, -0.2) is 0 Å². The number of aryl methyl sites for hydroxylation is 2. The highest BCUT2D eigenvalue weighted by atomic mass is 16.5. The highest BCUT2D eigenvalue weighted by Gasteiger charge is 1.94. The molecule has 0 N–H and O–H groups in total. The quantitative estimate of drug-likeness (QED) is 0.704. The lowest BCUT2D eigenvalue weighted by Gasteiger charge is -2.03. The first-order chi connectivity index (χ1) is 8.24. The summed E-state index contributed by atoms with van der Waals surface area (Å²) >= 11 is 0. The lowest BCUT2D eigenvalue weighted by molar-refractivity contribution is 0.484. The predicted octanol–water partition coefficient (Wildman–Crippen LogP) is 4.35. The molecular weight excluding hydrogens is 208 g/mol. The molecule has 0 saturated carbocycles. The molecule has 0 atom stereocenters. The molecule has 0 aliphatic heterocycles. The van der Waals surface area contributed by atoms with Crippen molar-refractivity contribution in [3.8, 4) is 5.75 Å². The number of hydrogen-bond donors (Lipinski definition) is 0. The van der Waals surface area contributed by atoms with E-state index < -0.39 is 0 Å². The minimum Gasteiger partial charge on any atom is -0.465 e. The molecule has 0 fully saturated rings. The summed E-state index contributed by atoms with van der Waals surface area (Å²) in [5.41, 5.74) is 3.57. The van der Waals surface area contributed by atoms with Crippen molar-refractivity contribution in [2.75, 3.05) is 0 Å². The third-order valence-corrected chi connectivity index (χ3v) is 2.46. The highest BCUT2D eigenvalue weighted by Crippen LogP contribution is 2.16. The Bertz CT molecular complexity index is 492. The molecule has 0 unspecified atom stereocenters. The first-order valence-electron chi connectivity index (χ1n) is 5.70. The molecule has 0 saturated heterocycles. The number of ether oxygens (including phenoxy) is 1. The molecule has 0 aliphatic carbocycles. The maximum atomic E-state index is 5.59. The van der Waals surface area contributed by atoms with Crippen LogP contribution in [0.1, 0.15) is 16.7 Å². The fourth-order valence-corrected chi connectivity index (χ4v) is 1.76. The second-order valence-electron chi connectivity index (χ2n) is 4.15. The molecule has 0 aliphatic rings. The van der Waals surface area contributed by atoms with Crippen molar-refractivity contribution in [1.82, 2.24) is 0 Å². The average molecular weight is 224 g/mol. The Hall–Kier alpha value is -2.02. The summed E-state index contributed by atoms with van der Waals surface area (Å²) in [5, 5.41) is 0. The van der Waals surface area contributed by atoms with Gasteiger partial charge in [-0.2, -0.15) is 0 Å². The van der Waals surface area contributed by atoms with Crippen molar-refractivity contribution < 1.29 is 4.74 Å². The fraction of sp³-hybridized carbons (Fsp3) is 0.125. The van der Waals surface area contributed by atoms with Crippen LogP contribution < -0.4 is 4.74 Å². The van der Waals surface area contributed by atoms with E-state index in [2.05, 4.69) is 19.9 Å². The van der Waals surface area contributed by atoms with E-state index >= 15 is 0 Å². The van der Waals surface area contributed by atoms with Crippen LogP contribution in [0.3, 0.4) is 0 Å². The van der Waals surface area contributed by atoms with E-state index in [0.717, 1.165) is 11.3 Å². The van der Waals surface area contributed by atoms with E-state index in [1.54, 1.807) is 6.26 Å². The van der Waals surface area contributed by atoms with Crippen LogP contribution in [0, 0.1) is 13.8 Å². The molecule has 0 aromatic heterocycles. The minimum atomic E-state index is 0.884. The molecule has 2 aromatic rings. The lowest BCUT2D eigenvalue weighted by atomic mass is 10.1. The van der Waals surface area contributed by atoms with Crippen LogP contribution in [-0.2, 0) is 0 Å². The summed E-state index contributed by atoms with van der Waals surface area (Å²) in [6, 6.07) is 16.3. The van der Waals surface area contributed by atoms with Gasteiger partial charge in [0.2, 0.25) is 0 Å². The molecule has 1 heteroatoms. The zero-order valence-corrected chi connectivity index (χ0v) is 10.2. The third kappa shape index (κ3) is 3.49. The summed E-state index contributed by atoms with van der Waals surface area (Å²) in [6.07, 6.45) is 3.68. The van der Waals surface area contributed by atoms with Gasteiger partial charge >= 0.3 is 0 Å². The van der Waals surface area contributed by atoms with Crippen LogP contribution in [0.2, 0.25) is 0 Å². The molecule has 17 heavy (non-hydrogen) atoms. The highest BCUT2D eigenvalue weighted by molar-refractivity contribution is 5.48. The monoisotopic (exact) mass is 224 g/mol. The Balaban J connectivity index is 2.05. The molecule has 1 nitrogen and oxygen atoms in total. The maximum absolute atomic E-state index is 5.59. The largest absolute Gasteiger partial charge is 0.465 e. The second kappa shape index (κ2) is 5.35. The average Bonchev–Trinajstić information content (AvgIpc) is 2.29. The molecular formula is C16H16O. The lowest BCUT2D eigenvalue weighted by Crippen LogP contribution is -1.85. The van der Waals surface area contributed by atoms with Crippen molar-refractivity contribution in [3.05, 3.63) is 71.5 Å². The first kappa shape index (κ1) is 11.5. The van der Waals surface area contributed by atoms with Crippen molar-refractivity contribution in [2.45, 2.75) is 13.8 Å². The summed E-state index contributed by atoms with van der Waals surface area (Å²) in [6.45, 7) is 4.14. The Kier molecular flexibility index (Phi) is 3.61. The fourth-order valence-electron chi connectivity index (χ4n) is 1.76. The smallest absolute Gasteiger partial charge is 0.127 e. The standard InChI is InChI=1S/C16H16O/c1-13-10-14(2)12-16(11-13)17-9-8-15-6-4-3-5-7-15/h3-12H,1-2H3. The Morgan fingerprint density at radius 2 is 1.53 bits per heavy atom. The van der Waals surface area contributed by atoms with Gasteiger partial charge in [0, 0.05) is 0 Å². The van der Waals surface area contributed by atoms with E-state index in [-0.39, 0.29) is 0 Å². The van der Waals surface area contributed by atoms with Gasteiger partial charge in [-0.3, -0.25) is 0 Å². The van der Waals surface area contributed by atoms with E-state index in [1.807, 2.05) is 48.5 Å². The Morgan fingerprint density at radius 1 is 0.882 bits per heavy atom. The number of rotatable bonds is 3. The van der Waals surface area contributed by atoms with E-state index in [1.165, 1.54) is 11.1 Å². The molecule has 0 amide bonds. The van der Waals surface area contributed by atoms with Gasteiger partial charge < -0.3 is 4.74 Å². The zero-order chi connectivity index (χ0) is 12.1. The number of hydrogen-bond acceptors (Lipinski definition) is 1. The van der Waals surface area contributed by atoms with E-state index in [9.17, 15) is 0 Å². The van der Waals surface area contributed by atoms with Crippen molar-refractivity contribution >= 4 is 6.08 Å². The van der Waals surface area contributed by atoms with Gasteiger partial charge in [-0.1, -0.05) is 36.4 Å². The van der Waals surface area contributed by atoms with Crippen molar-refractivity contribution in [2.24, 2.45) is 0 Å². The predicted molar refractivity (Wildman–Crippen MR) is 72.0 cm³/mol. The Labute approximate surface area is 102 Å². The molecule has 2 aromatic carbocycles. The van der Waals surface area contributed by atoms with Crippen LogP contribution in [0.5, 0.6) is 5.75 Å². The van der Waals surface area contributed by atoms with E-state index in [0.29, 0.717) is 0 Å². The van der Waals surface area contributed by atoms with Crippen molar-refractivity contribution in [1.29, 1.82) is 0 Å². The summed E-state index contributed by atoms with van der Waals surface area (Å²) < 4.78 is 5.59. The second-order valence-corrected chi connectivity index (χ2v) is 4.15. The summed E-state index contributed by atoms with van der Waals surface area (Å²) in [7, 11) is 0. The zero-order valence-electron chi connectivity index (χ0n) is 10.2. The van der Waals surface area contributed by atoms with Crippen LogP contribution in [0.4, 0.5) is 0 Å². The van der Waals surface area contributed by atoms with Gasteiger partial charge in [0.1, 0.15) is 5.75 Å². The van der Waals surface area contributed by atoms with Crippen LogP contribution in [-0.4, -0.2) is 0 Å². The van der Waals surface area contributed by atoms with Gasteiger partial charge in [0.25, 0.3) is 0 Å². The van der Waals surface area contributed by atoms with Gasteiger partial charge in [0.05, 0.1) is 6.26 Å². The number of benzene rings is 2. The molecule has 0 bridgehead atoms. The molecule has 0 heterocycles. The topological polar surface area (TPSA) is 9.23 Å². The van der Waals surface area contributed by atoms with Crippen LogP contribution in [0.25, 0.3) is 6.08 Å². The van der Waals surface area contributed by atoms with Crippen LogP contribution >= 0.6 is 0 Å². The normalized spacial score (nSPS) is 10.7. The SMILES string of the molecule is Cc1cc(C)cc(OC=Cc2ccccc2)c1. The first-order valence-corrected chi connectivity index (χ1v) is 5.70.